The molecule has 0 spiro atoms. The zero-order chi connectivity index (χ0) is 22.3. The molecule has 1 aromatic rings. The maximum atomic E-state index is 13.0. The van der Waals surface area contributed by atoms with Gasteiger partial charge < -0.3 is 14.8 Å². The van der Waals surface area contributed by atoms with Crippen LogP contribution in [0.4, 0.5) is 10.5 Å². The Morgan fingerprint density at radius 3 is 2.65 bits per heavy atom. The summed E-state index contributed by atoms with van der Waals surface area (Å²) in [6.07, 6.45) is 1.69. The van der Waals surface area contributed by atoms with Crippen molar-refractivity contribution >= 4 is 46.8 Å². The number of anilines is 1. The van der Waals surface area contributed by atoms with Crippen molar-refractivity contribution in [2.24, 2.45) is 5.92 Å². The van der Waals surface area contributed by atoms with Crippen LogP contribution in [-0.4, -0.2) is 63.9 Å². The van der Waals surface area contributed by atoms with E-state index in [0.717, 1.165) is 0 Å². The summed E-state index contributed by atoms with van der Waals surface area (Å²) in [7, 11) is 0. The minimum atomic E-state index is -0.539. The molecule has 0 bridgehead atoms. The van der Waals surface area contributed by atoms with Crippen LogP contribution in [0.1, 0.15) is 31.1 Å². The average molecular weight is 444 g/mol. The van der Waals surface area contributed by atoms with Crippen molar-refractivity contribution in [3.05, 3.63) is 29.2 Å². The first-order valence-corrected chi connectivity index (χ1v) is 10.8. The highest BCUT2D eigenvalue weighted by Gasteiger charge is 2.49. The van der Waals surface area contributed by atoms with Gasteiger partial charge in [-0.15, -0.1) is 11.8 Å². The van der Waals surface area contributed by atoms with Crippen molar-refractivity contribution < 1.29 is 33.2 Å². The molecular formula is C21H22N3O6S+. The summed E-state index contributed by atoms with van der Waals surface area (Å²) in [5.41, 5.74) is 1.05. The Bertz CT molecular complexity index is 1060. The molecule has 31 heavy (non-hydrogen) atoms. The Morgan fingerprint density at radius 2 is 1.97 bits per heavy atom. The van der Waals surface area contributed by atoms with Crippen LogP contribution in [0.25, 0.3) is 0 Å². The van der Waals surface area contributed by atoms with Gasteiger partial charge in [0.1, 0.15) is 5.71 Å². The molecule has 3 heterocycles. The summed E-state index contributed by atoms with van der Waals surface area (Å²) >= 11 is 1.31. The zero-order valence-corrected chi connectivity index (χ0v) is 18.2. The van der Waals surface area contributed by atoms with Gasteiger partial charge in [0.05, 0.1) is 12.2 Å². The van der Waals surface area contributed by atoms with Crippen molar-refractivity contribution in [2.45, 2.75) is 26.0 Å². The van der Waals surface area contributed by atoms with Crippen LogP contribution in [0.2, 0.25) is 0 Å². The quantitative estimate of drug-likeness (QED) is 0.530. The second-order valence-corrected chi connectivity index (χ2v) is 8.83. The Balaban J connectivity index is 1.60. The fraction of sp³-hybridized carbons (Fsp3) is 0.381. The first-order chi connectivity index (χ1) is 14.8. The molecule has 0 radical (unpaired) electrons. The molecule has 9 nitrogen and oxygen atoms in total. The third-order valence-electron chi connectivity index (χ3n) is 5.00. The third kappa shape index (κ3) is 3.95. The Morgan fingerprint density at radius 1 is 1.26 bits per heavy atom. The Hall–Kier alpha value is -3.14. The molecule has 1 atom stereocenters. The molecule has 0 saturated heterocycles. The van der Waals surface area contributed by atoms with Crippen LogP contribution in [0, 0.1) is 5.92 Å². The number of benzene rings is 1. The van der Waals surface area contributed by atoms with Crippen LogP contribution in [0.3, 0.4) is 0 Å². The smallest absolute Gasteiger partial charge is 0.454 e. The average Bonchev–Trinajstić information content (AvgIpc) is 3.36. The number of ketones is 1. The number of urea groups is 1. The minimum absolute atomic E-state index is 0.0375. The fourth-order valence-corrected chi connectivity index (χ4v) is 4.58. The second-order valence-electron chi connectivity index (χ2n) is 7.81. The number of hydrogen-bond donors (Lipinski definition) is 1. The molecule has 0 fully saturated rings. The van der Waals surface area contributed by atoms with Crippen molar-refractivity contribution in [2.75, 3.05) is 25.2 Å². The van der Waals surface area contributed by atoms with E-state index >= 15 is 0 Å². The minimum Gasteiger partial charge on any atom is -0.454 e. The van der Waals surface area contributed by atoms with Crippen molar-refractivity contribution in [3.63, 3.8) is 0 Å². The van der Waals surface area contributed by atoms with E-state index in [2.05, 4.69) is 5.32 Å². The van der Waals surface area contributed by atoms with Crippen molar-refractivity contribution in [1.29, 1.82) is 0 Å². The zero-order valence-electron chi connectivity index (χ0n) is 17.3. The highest BCUT2D eigenvalue weighted by atomic mass is 32.2. The van der Waals surface area contributed by atoms with E-state index in [-0.39, 0.29) is 48.7 Å². The van der Waals surface area contributed by atoms with Gasteiger partial charge in [-0.05, 0) is 30.4 Å². The van der Waals surface area contributed by atoms with Crippen LogP contribution in [-0.2, 0) is 9.59 Å². The monoisotopic (exact) mass is 444 g/mol. The summed E-state index contributed by atoms with van der Waals surface area (Å²) in [5.74, 6) is -0.0614. The van der Waals surface area contributed by atoms with Gasteiger partial charge in [0.15, 0.2) is 29.1 Å². The predicted octanol–water partition coefficient (Wildman–Crippen LogP) is 2.26. The van der Waals surface area contributed by atoms with Crippen LogP contribution < -0.4 is 14.8 Å². The molecule has 3 aliphatic rings. The predicted molar refractivity (Wildman–Crippen MR) is 114 cm³/mol. The highest BCUT2D eigenvalue weighted by Crippen LogP contribution is 2.37. The van der Waals surface area contributed by atoms with E-state index in [1.54, 1.807) is 11.5 Å². The number of imide groups is 1. The van der Waals surface area contributed by atoms with E-state index < -0.39 is 17.2 Å². The highest BCUT2D eigenvalue weighted by molar-refractivity contribution is 8.04. The van der Waals surface area contributed by atoms with Crippen molar-refractivity contribution in [3.8, 4) is 11.5 Å². The molecule has 1 unspecified atom stereocenters. The third-order valence-corrected chi connectivity index (χ3v) is 6.01. The van der Waals surface area contributed by atoms with Gasteiger partial charge in [-0.2, -0.15) is 14.3 Å². The number of ether oxygens (including phenoxy) is 2. The van der Waals surface area contributed by atoms with E-state index in [4.69, 9.17) is 9.47 Å². The number of thioether (sulfide) groups is 1. The lowest BCUT2D eigenvalue weighted by Gasteiger charge is -2.25. The standard InChI is InChI=1S/C21H21N3O6S/c1-11(2)8-24-20(27)19-15(4-5-31-19)23(21(24)28)9-18(26)22-14-7-17-16(29-10-30-17)6-13(14)12(3)25/h4-7,11,19H,8-10H2,1-3H3/p+1. The molecule has 0 saturated carbocycles. The molecule has 4 amide bonds. The van der Waals surface area contributed by atoms with E-state index in [9.17, 15) is 19.2 Å². The summed E-state index contributed by atoms with van der Waals surface area (Å²) in [6.45, 7) is 5.24. The summed E-state index contributed by atoms with van der Waals surface area (Å²) in [6, 6.07) is 2.53. The number of hydrogen-bond acceptors (Lipinski definition) is 7. The summed E-state index contributed by atoms with van der Waals surface area (Å²) in [4.78, 5) is 51.9. The van der Waals surface area contributed by atoms with Crippen molar-refractivity contribution in [1.82, 2.24) is 4.90 Å². The van der Waals surface area contributed by atoms with Crippen LogP contribution >= 0.6 is 11.8 Å². The molecular weight excluding hydrogens is 422 g/mol. The maximum Gasteiger partial charge on any atom is 0.501 e. The second kappa shape index (κ2) is 8.18. The Kier molecular flexibility index (Phi) is 5.57. The van der Waals surface area contributed by atoms with Gasteiger partial charge in [-0.1, -0.05) is 13.8 Å². The Labute approximate surface area is 183 Å². The number of Topliss-reactive ketones (excluding diaryl/α,β-unsaturated/α-hetero) is 1. The lowest BCUT2D eigenvalue weighted by molar-refractivity contribution is -0.426. The van der Waals surface area contributed by atoms with Gasteiger partial charge >= 0.3 is 11.9 Å². The lowest BCUT2D eigenvalue weighted by atomic mass is 10.1. The molecule has 1 N–H and O–H groups in total. The van der Waals surface area contributed by atoms with Gasteiger partial charge in [-0.3, -0.25) is 9.59 Å². The lowest BCUT2D eigenvalue weighted by Crippen LogP contribution is -2.57. The molecule has 4 rings (SSSR count). The van der Waals surface area contributed by atoms with E-state index in [1.165, 1.54) is 40.3 Å². The van der Waals surface area contributed by atoms with Gasteiger partial charge in [0, 0.05) is 11.6 Å². The fourth-order valence-electron chi connectivity index (χ4n) is 3.61. The SMILES string of the molecule is CC(=O)c1cc2c(cc1NC(=O)C[N+]1=C3C=CSC3C(=O)N(CC(C)C)C1=O)OCO2. The number of nitrogens with zero attached hydrogens (tertiary/aromatic N) is 2. The molecule has 10 heteroatoms. The first kappa shape index (κ1) is 21.1. The largest absolute Gasteiger partial charge is 0.501 e. The molecule has 0 aliphatic carbocycles. The summed E-state index contributed by atoms with van der Waals surface area (Å²) < 4.78 is 11.9. The van der Waals surface area contributed by atoms with Gasteiger partial charge in [-0.25, -0.2) is 4.79 Å². The maximum absolute atomic E-state index is 13.0. The van der Waals surface area contributed by atoms with E-state index in [0.29, 0.717) is 17.2 Å². The number of rotatable bonds is 6. The number of allylic oxidation sites excluding steroid dienone is 1. The molecule has 1 aromatic carbocycles. The number of carbonyl (C=O) groups is 4. The summed E-state index contributed by atoms with van der Waals surface area (Å²) in [5, 5.41) is 3.91. The van der Waals surface area contributed by atoms with E-state index in [1.807, 2.05) is 13.8 Å². The molecule has 3 aliphatic heterocycles. The molecule has 0 aromatic heterocycles. The first-order valence-electron chi connectivity index (χ1n) is 9.82. The number of carbonyl (C=O) groups excluding carboxylic acids is 4. The molecule has 162 valence electrons. The van der Waals surface area contributed by atoms with Crippen LogP contribution in [0.15, 0.2) is 23.6 Å². The number of fused-ring (bicyclic) bond motifs is 2. The van der Waals surface area contributed by atoms with Crippen LogP contribution in [0.5, 0.6) is 11.5 Å². The van der Waals surface area contributed by atoms with Gasteiger partial charge in [0.2, 0.25) is 6.79 Å². The normalized spacial score (nSPS) is 19.4. The number of amides is 4. The number of nitrogens with one attached hydrogen (secondary N) is 1. The topological polar surface area (TPSA) is 105 Å². The van der Waals surface area contributed by atoms with Gasteiger partial charge in [0.25, 0.3) is 5.91 Å².